The summed E-state index contributed by atoms with van der Waals surface area (Å²) in [6.07, 6.45) is 10.9. The van der Waals surface area contributed by atoms with E-state index in [1.807, 2.05) is 4.68 Å². The van der Waals surface area contributed by atoms with Gasteiger partial charge < -0.3 is 5.32 Å². The molecule has 1 saturated carbocycles. The molecule has 1 unspecified atom stereocenters. The molecular weight excluding hydrogens is 314 g/mol. The van der Waals surface area contributed by atoms with Gasteiger partial charge in [0.1, 0.15) is 0 Å². The Morgan fingerprint density at radius 1 is 1.25 bits per heavy atom. The van der Waals surface area contributed by atoms with Crippen molar-refractivity contribution in [1.29, 1.82) is 0 Å². The Hall–Kier alpha value is -0.350. The van der Waals surface area contributed by atoms with E-state index in [9.17, 15) is 0 Å². The number of hydrogen-bond donors (Lipinski definition) is 1. The fraction of sp³-hybridized carbons (Fsp3) is 0.812. The first-order valence-corrected chi connectivity index (χ1v) is 8.78. The van der Waals surface area contributed by atoms with Crippen molar-refractivity contribution in [2.24, 2.45) is 13.0 Å². The van der Waals surface area contributed by atoms with Crippen molar-refractivity contribution in [3.63, 3.8) is 0 Å². The van der Waals surface area contributed by atoms with Gasteiger partial charge in [-0.25, -0.2) is 0 Å². The predicted octanol–water partition coefficient (Wildman–Crippen LogP) is 3.98. The van der Waals surface area contributed by atoms with Crippen LogP contribution in [0.5, 0.6) is 0 Å². The Balaban J connectivity index is 2.07. The molecule has 2 rings (SSSR count). The first kappa shape index (κ1) is 16.0. The molecular formula is C16H28BrN3. The molecule has 1 aromatic rings. The number of likely N-dealkylation sites (N-methyl/N-ethyl adjacent to an activating group) is 1. The third kappa shape index (κ3) is 3.85. The molecule has 1 atom stereocenters. The van der Waals surface area contributed by atoms with Crippen molar-refractivity contribution in [2.75, 3.05) is 7.05 Å². The Morgan fingerprint density at radius 2 is 1.85 bits per heavy atom. The molecule has 4 heteroatoms. The van der Waals surface area contributed by atoms with E-state index in [1.165, 1.54) is 55.1 Å². The lowest BCUT2D eigenvalue weighted by Crippen LogP contribution is -2.36. The Labute approximate surface area is 131 Å². The van der Waals surface area contributed by atoms with Crippen LogP contribution in [0.3, 0.4) is 0 Å². The highest BCUT2D eigenvalue weighted by Gasteiger charge is 2.23. The number of nitrogens with one attached hydrogen (secondary N) is 1. The van der Waals surface area contributed by atoms with Gasteiger partial charge in [0.25, 0.3) is 0 Å². The highest BCUT2D eigenvalue weighted by molar-refractivity contribution is 9.10. The minimum atomic E-state index is 0.569. The summed E-state index contributed by atoms with van der Waals surface area (Å²) >= 11 is 3.70. The van der Waals surface area contributed by atoms with Crippen molar-refractivity contribution in [3.05, 3.63) is 15.9 Å². The number of nitrogens with zero attached hydrogens (tertiary/aromatic N) is 2. The lowest BCUT2D eigenvalue weighted by Gasteiger charge is -2.28. The molecule has 3 nitrogen and oxygen atoms in total. The first-order valence-electron chi connectivity index (χ1n) is 7.98. The number of aryl methyl sites for hydroxylation is 2. The van der Waals surface area contributed by atoms with Crippen LogP contribution in [-0.2, 0) is 13.5 Å². The van der Waals surface area contributed by atoms with Crippen LogP contribution in [-0.4, -0.2) is 22.9 Å². The topological polar surface area (TPSA) is 29.9 Å². The van der Waals surface area contributed by atoms with Gasteiger partial charge in [-0.2, -0.15) is 5.10 Å². The second kappa shape index (κ2) is 7.60. The number of halogens is 1. The fourth-order valence-electron chi connectivity index (χ4n) is 3.50. The van der Waals surface area contributed by atoms with Crippen molar-refractivity contribution < 1.29 is 0 Å². The van der Waals surface area contributed by atoms with E-state index in [0.29, 0.717) is 6.04 Å². The SMILES string of the molecule is CNC(Cc1c(Br)c(C)nn1C)C1CCCCCCC1. The Kier molecular flexibility index (Phi) is 6.09. The molecule has 1 aliphatic rings. The molecule has 0 amide bonds. The van der Waals surface area contributed by atoms with Gasteiger partial charge in [0.05, 0.1) is 15.9 Å². The maximum absolute atomic E-state index is 4.52. The molecule has 0 saturated heterocycles. The van der Waals surface area contributed by atoms with Crippen LogP contribution in [0.15, 0.2) is 4.47 Å². The fourth-order valence-corrected chi connectivity index (χ4v) is 4.00. The molecule has 20 heavy (non-hydrogen) atoms. The Bertz CT molecular complexity index is 420. The average Bonchev–Trinajstić information content (AvgIpc) is 2.62. The van der Waals surface area contributed by atoms with Crippen LogP contribution in [0, 0.1) is 12.8 Å². The van der Waals surface area contributed by atoms with E-state index in [-0.39, 0.29) is 0 Å². The summed E-state index contributed by atoms with van der Waals surface area (Å²) in [6.45, 7) is 2.07. The molecule has 1 N–H and O–H groups in total. The maximum atomic E-state index is 4.52. The standard InChI is InChI=1S/C16H28BrN3/c1-12-16(17)15(20(3)19-12)11-14(18-2)13-9-7-5-4-6-8-10-13/h13-14,18H,4-11H2,1-3H3. The van der Waals surface area contributed by atoms with Gasteiger partial charge in [0, 0.05) is 19.5 Å². The minimum absolute atomic E-state index is 0.569. The van der Waals surface area contributed by atoms with Crippen LogP contribution >= 0.6 is 15.9 Å². The quantitative estimate of drug-likeness (QED) is 0.897. The summed E-state index contributed by atoms with van der Waals surface area (Å²) in [7, 11) is 4.17. The molecule has 1 fully saturated rings. The zero-order valence-corrected chi connectivity index (χ0v) is 14.7. The summed E-state index contributed by atoms with van der Waals surface area (Å²) in [6, 6.07) is 0.569. The lowest BCUT2D eigenvalue weighted by molar-refractivity contribution is 0.290. The van der Waals surface area contributed by atoms with E-state index >= 15 is 0 Å². The third-order valence-corrected chi connectivity index (χ3v) is 5.80. The molecule has 1 aromatic heterocycles. The number of aromatic nitrogens is 2. The zero-order valence-electron chi connectivity index (χ0n) is 13.1. The van der Waals surface area contributed by atoms with Crippen LogP contribution in [0.4, 0.5) is 0 Å². The van der Waals surface area contributed by atoms with E-state index in [1.54, 1.807) is 0 Å². The smallest absolute Gasteiger partial charge is 0.0738 e. The highest BCUT2D eigenvalue weighted by atomic mass is 79.9. The van der Waals surface area contributed by atoms with Crippen LogP contribution < -0.4 is 5.32 Å². The van der Waals surface area contributed by atoms with Gasteiger partial charge in [0.2, 0.25) is 0 Å². The van der Waals surface area contributed by atoms with Gasteiger partial charge in [-0.3, -0.25) is 4.68 Å². The summed E-state index contributed by atoms with van der Waals surface area (Å²) in [4.78, 5) is 0. The number of rotatable bonds is 4. The maximum Gasteiger partial charge on any atom is 0.0738 e. The van der Waals surface area contributed by atoms with Crippen molar-refractivity contribution >= 4 is 15.9 Å². The largest absolute Gasteiger partial charge is 0.316 e. The second-order valence-electron chi connectivity index (χ2n) is 6.17. The predicted molar refractivity (Wildman–Crippen MR) is 88.0 cm³/mol. The average molecular weight is 342 g/mol. The van der Waals surface area contributed by atoms with Gasteiger partial charge in [0.15, 0.2) is 0 Å². The van der Waals surface area contributed by atoms with Crippen molar-refractivity contribution in [1.82, 2.24) is 15.1 Å². The minimum Gasteiger partial charge on any atom is -0.316 e. The van der Waals surface area contributed by atoms with E-state index in [2.05, 4.69) is 47.4 Å². The van der Waals surface area contributed by atoms with E-state index < -0.39 is 0 Å². The summed E-state index contributed by atoms with van der Waals surface area (Å²) < 4.78 is 3.22. The normalized spacial score (nSPS) is 19.6. The molecule has 1 heterocycles. The second-order valence-corrected chi connectivity index (χ2v) is 6.97. The molecule has 0 spiro atoms. The van der Waals surface area contributed by atoms with E-state index in [4.69, 9.17) is 0 Å². The van der Waals surface area contributed by atoms with Gasteiger partial charge in [-0.15, -0.1) is 0 Å². The number of hydrogen-bond acceptors (Lipinski definition) is 2. The monoisotopic (exact) mass is 341 g/mol. The molecule has 0 aliphatic heterocycles. The molecule has 0 radical (unpaired) electrons. The zero-order chi connectivity index (χ0) is 14.5. The van der Waals surface area contributed by atoms with Crippen molar-refractivity contribution in [3.8, 4) is 0 Å². The summed E-state index contributed by atoms with van der Waals surface area (Å²) in [5, 5.41) is 8.09. The molecule has 0 aromatic carbocycles. The van der Waals surface area contributed by atoms with Crippen molar-refractivity contribution in [2.45, 2.75) is 64.3 Å². The van der Waals surface area contributed by atoms with Crippen LogP contribution in [0.2, 0.25) is 0 Å². The van der Waals surface area contributed by atoms with E-state index in [0.717, 1.165) is 18.0 Å². The summed E-state index contributed by atoms with van der Waals surface area (Å²) in [5.41, 5.74) is 2.42. The van der Waals surface area contributed by atoms with Crippen LogP contribution in [0.1, 0.15) is 56.3 Å². The lowest BCUT2D eigenvalue weighted by atomic mass is 9.84. The Morgan fingerprint density at radius 3 is 2.35 bits per heavy atom. The van der Waals surface area contributed by atoms with Gasteiger partial charge >= 0.3 is 0 Å². The van der Waals surface area contributed by atoms with Gasteiger partial charge in [-0.1, -0.05) is 32.1 Å². The molecule has 114 valence electrons. The third-order valence-electron chi connectivity index (χ3n) is 4.76. The molecule has 0 bridgehead atoms. The summed E-state index contributed by atoms with van der Waals surface area (Å²) in [5.74, 6) is 0.808. The van der Waals surface area contributed by atoms with Crippen LogP contribution in [0.25, 0.3) is 0 Å². The highest BCUT2D eigenvalue weighted by Crippen LogP contribution is 2.28. The van der Waals surface area contributed by atoms with Gasteiger partial charge in [-0.05, 0) is 48.7 Å². The first-order chi connectivity index (χ1) is 9.63. The molecule has 1 aliphatic carbocycles.